The predicted molar refractivity (Wildman–Crippen MR) is 46.1 cm³/mol. The van der Waals surface area contributed by atoms with Crippen molar-refractivity contribution in [1.82, 2.24) is 5.32 Å². The molecule has 3 unspecified atom stereocenters. The number of carbonyl (C=O) groups is 1. The van der Waals surface area contributed by atoms with Crippen LogP contribution in [0, 0.1) is 5.92 Å². The zero-order valence-electron chi connectivity index (χ0n) is 7.75. The maximum absolute atomic E-state index is 11.3. The van der Waals surface area contributed by atoms with E-state index in [1.165, 1.54) is 0 Å². The van der Waals surface area contributed by atoms with Gasteiger partial charge in [0.05, 0.1) is 6.61 Å². The van der Waals surface area contributed by atoms with E-state index in [1.807, 2.05) is 6.92 Å². The van der Waals surface area contributed by atoms with Gasteiger partial charge >= 0.3 is 5.97 Å². The summed E-state index contributed by atoms with van der Waals surface area (Å²) < 4.78 is 4.90. The van der Waals surface area contributed by atoms with Crippen LogP contribution in [0.2, 0.25) is 0 Å². The molecule has 2 N–H and O–H groups in total. The minimum Gasteiger partial charge on any atom is -0.464 e. The Bertz CT molecular complexity index is 231. The molecular weight excluding hydrogens is 170 g/mol. The van der Waals surface area contributed by atoms with E-state index in [2.05, 4.69) is 5.32 Å². The molecule has 4 nitrogen and oxygen atoms in total. The molecule has 3 atom stereocenters. The molecule has 2 aliphatic rings. The lowest BCUT2D eigenvalue weighted by Gasteiger charge is -2.20. The number of aliphatic hydroxyl groups is 1. The Balaban J connectivity index is 1.90. The molecular formula is C9H15NO3. The summed E-state index contributed by atoms with van der Waals surface area (Å²) in [5, 5.41) is 12.1. The van der Waals surface area contributed by atoms with Crippen LogP contribution in [0.4, 0.5) is 0 Å². The highest BCUT2D eigenvalue weighted by molar-refractivity contribution is 5.82. The Morgan fingerprint density at radius 3 is 3.00 bits per heavy atom. The molecule has 4 heteroatoms. The molecule has 13 heavy (non-hydrogen) atoms. The Kier molecular flexibility index (Phi) is 2.04. The quantitative estimate of drug-likeness (QED) is 0.591. The molecule has 1 aliphatic carbocycles. The molecule has 0 aromatic heterocycles. The van der Waals surface area contributed by atoms with E-state index < -0.39 is 5.54 Å². The number of hydrogen-bond donors (Lipinski definition) is 2. The van der Waals surface area contributed by atoms with Gasteiger partial charge in [0.2, 0.25) is 0 Å². The third kappa shape index (κ3) is 1.56. The van der Waals surface area contributed by atoms with Crippen LogP contribution in [0.5, 0.6) is 0 Å². The fourth-order valence-corrected chi connectivity index (χ4v) is 1.78. The number of carbonyl (C=O) groups excluding carboxylic acids is 1. The minimum atomic E-state index is -0.505. The second kappa shape index (κ2) is 2.96. The van der Waals surface area contributed by atoms with E-state index in [9.17, 15) is 4.79 Å². The van der Waals surface area contributed by atoms with Gasteiger partial charge in [-0.3, -0.25) is 10.1 Å². The number of hydrogen-bond acceptors (Lipinski definition) is 4. The molecule has 74 valence electrons. The van der Waals surface area contributed by atoms with Crippen LogP contribution in [0.15, 0.2) is 0 Å². The largest absolute Gasteiger partial charge is 0.464 e. The van der Waals surface area contributed by atoms with E-state index in [0.717, 1.165) is 12.8 Å². The van der Waals surface area contributed by atoms with Gasteiger partial charge in [0.25, 0.3) is 0 Å². The van der Waals surface area contributed by atoms with Gasteiger partial charge in [-0.2, -0.15) is 0 Å². The smallest absolute Gasteiger partial charge is 0.326 e. The minimum absolute atomic E-state index is 0.156. The molecule has 0 amide bonds. The molecule has 1 heterocycles. The lowest BCUT2D eigenvalue weighted by Crippen LogP contribution is -2.48. The summed E-state index contributed by atoms with van der Waals surface area (Å²) in [7, 11) is 0. The lowest BCUT2D eigenvalue weighted by molar-refractivity contribution is -0.143. The standard InChI is InChI=1S/C9H15NO3/c1-9(2-3-13-8(9)12)10-7-4-6(7)5-11/h6-7,10-11H,2-5H2,1H3. The fourth-order valence-electron chi connectivity index (χ4n) is 1.78. The Labute approximate surface area is 77.3 Å². The highest BCUT2D eigenvalue weighted by atomic mass is 16.5. The zero-order valence-corrected chi connectivity index (χ0v) is 7.75. The molecule has 1 saturated carbocycles. The molecule has 1 aliphatic heterocycles. The highest BCUT2D eigenvalue weighted by Gasteiger charge is 2.47. The van der Waals surface area contributed by atoms with Crippen molar-refractivity contribution in [2.45, 2.75) is 31.3 Å². The molecule has 0 bridgehead atoms. The van der Waals surface area contributed by atoms with Crippen molar-refractivity contribution in [3.8, 4) is 0 Å². The van der Waals surface area contributed by atoms with Crippen molar-refractivity contribution in [3.63, 3.8) is 0 Å². The SMILES string of the molecule is CC1(NC2CC2CO)CCOC1=O. The van der Waals surface area contributed by atoms with Gasteiger partial charge in [0.15, 0.2) is 0 Å². The lowest BCUT2D eigenvalue weighted by atomic mass is 10.0. The summed E-state index contributed by atoms with van der Waals surface area (Å²) in [6, 6.07) is 0.306. The van der Waals surface area contributed by atoms with E-state index in [4.69, 9.17) is 9.84 Å². The Morgan fingerprint density at radius 1 is 1.77 bits per heavy atom. The number of nitrogens with one attached hydrogen (secondary N) is 1. The van der Waals surface area contributed by atoms with Crippen molar-refractivity contribution >= 4 is 5.97 Å². The van der Waals surface area contributed by atoms with Crippen LogP contribution < -0.4 is 5.32 Å². The third-order valence-electron chi connectivity index (χ3n) is 2.95. The summed E-state index contributed by atoms with van der Waals surface area (Å²) in [4.78, 5) is 11.3. The second-order valence-corrected chi connectivity index (χ2v) is 4.15. The summed E-state index contributed by atoms with van der Waals surface area (Å²) in [6.07, 6.45) is 1.71. The third-order valence-corrected chi connectivity index (χ3v) is 2.95. The summed E-state index contributed by atoms with van der Waals surface area (Å²) in [5.74, 6) is 0.182. The first-order valence-electron chi connectivity index (χ1n) is 4.71. The molecule has 0 aromatic rings. The summed E-state index contributed by atoms with van der Waals surface area (Å²) in [6.45, 7) is 2.59. The first-order valence-corrected chi connectivity index (χ1v) is 4.71. The van der Waals surface area contributed by atoms with Crippen LogP contribution >= 0.6 is 0 Å². The molecule has 2 rings (SSSR count). The molecule has 1 saturated heterocycles. The van der Waals surface area contributed by atoms with Gasteiger partial charge in [-0.05, 0) is 19.3 Å². The number of rotatable bonds is 3. The van der Waals surface area contributed by atoms with Crippen LogP contribution in [0.3, 0.4) is 0 Å². The van der Waals surface area contributed by atoms with Crippen LogP contribution in [0.25, 0.3) is 0 Å². The van der Waals surface area contributed by atoms with E-state index in [1.54, 1.807) is 0 Å². The van der Waals surface area contributed by atoms with E-state index in [-0.39, 0.29) is 12.6 Å². The highest BCUT2D eigenvalue weighted by Crippen LogP contribution is 2.33. The van der Waals surface area contributed by atoms with Gasteiger partial charge in [0.1, 0.15) is 5.54 Å². The average molecular weight is 185 g/mol. The van der Waals surface area contributed by atoms with Gasteiger partial charge in [0, 0.05) is 19.1 Å². The van der Waals surface area contributed by atoms with Crippen molar-refractivity contribution in [2.75, 3.05) is 13.2 Å². The number of esters is 1. The Hall–Kier alpha value is -0.610. The first kappa shape index (κ1) is 8.97. The molecule has 0 radical (unpaired) electrons. The van der Waals surface area contributed by atoms with E-state index in [0.29, 0.717) is 18.6 Å². The van der Waals surface area contributed by atoms with Gasteiger partial charge in [-0.15, -0.1) is 0 Å². The van der Waals surface area contributed by atoms with Gasteiger partial charge in [-0.25, -0.2) is 0 Å². The average Bonchev–Trinajstić information content (AvgIpc) is 2.75. The maximum atomic E-state index is 11.3. The fraction of sp³-hybridized carbons (Fsp3) is 0.889. The van der Waals surface area contributed by atoms with Crippen molar-refractivity contribution in [2.24, 2.45) is 5.92 Å². The van der Waals surface area contributed by atoms with Crippen LogP contribution in [-0.4, -0.2) is 35.9 Å². The zero-order chi connectivity index (χ0) is 9.47. The van der Waals surface area contributed by atoms with E-state index >= 15 is 0 Å². The van der Waals surface area contributed by atoms with Crippen LogP contribution in [-0.2, 0) is 9.53 Å². The van der Waals surface area contributed by atoms with Crippen molar-refractivity contribution in [1.29, 1.82) is 0 Å². The van der Waals surface area contributed by atoms with Crippen molar-refractivity contribution < 1.29 is 14.6 Å². The molecule has 0 spiro atoms. The number of cyclic esters (lactones) is 1. The first-order chi connectivity index (χ1) is 6.15. The normalized spacial score (nSPS) is 43.4. The van der Waals surface area contributed by atoms with Crippen LogP contribution in [0.1, 0.15) is 19.8 Å². The number of aliphatic hydroxyl groups excluding tert-OH is 1. The second-order valence-electron chi connectivity index (χ2n) is 4.15. The maximum Gasteiger partial charge on any atom is 0.326 e. The predicted octanol–water partition coefficient (Wildman–Crippen LogP) is -0.338. The molecule has 2 fully saturated rings. The number of ether oxygens (including phenoxy) is 1. The van der Waals surface area contributed by atoms with Crippen molar-refractivity contribution in [3.05, 3.63) is 0 Å². The van der Waals surface area contributed by atoms with Gasteiger partial charge < -0.3 is 9.84 Å². The molecule has 0 aromatic carbocycles. The topological polar surface area (TPSA) is 58.6 Å². The monoisotopic (exact) mass is 185 g/mol. The Morgan fingerprint density at radius 2 is 2.54 bits per heavy atom. The summed E-state index contributed by atoms with van der Waals surface area (Å²) in [5.41, 5.74) is -0.505. The van der Waals surface area contributed by atoms with Gasteiger partial charge in [-0.1, -0.05) is 0 Å². The summed E-state index contributed by atoms with van der Waals surface area (Å²) >= 11 is 0.